The summed E-state index contributed by atoms with van der Waals surface area (Å²) in [5.74, 6) is -1.41. The van der Waals surface area contributed by atoms with Crippen LogP contribution in [0.5, 0.6) is 5.75 Å². The smallest absolute Gasteiger partial charge is 0.134 e. The first-order valence-corrected chi connectivity index (χ1v) is 4.49. The van der Waals surface area contributed by atoms with Crippen LogP contribution in [0.2, 0.25) is 0 Å². The van der Waals surface area contributed by atoms with Gasteiger partial charge in [0, 0.05) is 30.3 Å². The quantitative estimate of drug-likeness (QED) is 0.800. The minimum atomic E-state index is -0.846. The van der Waals surface area contributed by atoms with E-state index in [1.54, 1.807) is 0 Å². The van der Waals surface area contributed by atoms with Crippen molar-refractivity contribution in [3.63, 3.8) is 0 Å². The van der Waals surface area contributed by atoms with E-state index in [2.05, 4.69) is 0 Å². The first-order valence-electron chi connectivity index (χ1n) is 4.49. The van der Waals surface area contributed by atoms with E-state index in [0.717, 1.165) is 12.1 Å². The molecule has 5 heteroatoms. The second-order valence-corrected chi connectivity index (χ2v) is 3.12. The van der Waals surface area contributed by atoms with Crippen LogP contribution in [0.1, 0.15) is 18.0 Å². The Morgan fingerprint density at radius 3 is 2.33 bits per heavy atom. The molecule has 0 fully saturated rings. The summed E-state index contributed by atoms with van der Waals surface area (Å²) in [6.45, 7) is -0.216. The van der Waals surface area contributed by atoms with Gasteiger partial charge in [-0.15, -0.1) is 0 Å². The lowest BCUT2D eigenvalue weighted by atomic mass is 10.0. The molecular weight excluding hydrogens is 204 g/mol. The van der Waals surface area contributed by atoms with E-state index in [1.807, 2.05) is 0 Å². The summed E-state index contributed by atoms with van der Waals surface area (Å²) in [6, 6.07) is 1.28. The first kappa shape index (κ1) is 11.9. The molecular formula is C10H13F2NO2. The number of halogens is 2. The molecule has 84 valence electrons. The zero-order valence-corrected chi connectivity index (χ0v) is 8.34. The van der Waals surface area contributed by atoms with Gasteiger partial charge in [-0.2, -0.15) is 0 Å². The lowest BCUT2D eigenvalue weighted by Crippen LogP contribution is -2.15. The van der Waals surface area contributed by atoms with Crippen molar-refractivity contribution < 1.29 is 18.6 Å². The van der Waals surface area contributed by atoms with Gasteiger partial charge >= 0.3 is 0 Å². The molecule has 0 saturated heterocycles. The Morgan fingerprint density at radius 1 is 1.40 bits per heavy atom. The third kappa shape index (κ3) is 2.64. The van der Waals surface area contributed by atoms with Gasteiger partial charge in [0.15, 0.2) is 0 Å². The summed E-state index contributed by atoms with van der Waals surface area (Å²) in [5.41, 5.74) is 5.30. The Morgan fingerprint density at radius 2 is 1.93 bits per heavy atom. The monoisotopic (exact) mass is 217 g/mol. The first-order chi connectivity index (χ1) is 7.10. The third-order valence-electron chi connectivity index (χ3n) is 2.10. The number of hydrogen-bond acceptors (Lipinski definition) is 3. The highest BCUT2D eigenvalue weighted by Gasteiger charge is 2.17. The van der Waals surface area contributed by atoms with Gasteiger partial charge in [-0.05, 0) is 6.42 Å². The van der Waals surface area contributed by atoms with Crippen LogP contribution in [0.25, 0.3) is 0 Å². The van der Waals surface area contributed by atoms with E-state index in [9.17, 15) is 8.78 Å². The normalized spacial score (nSPS) is 12.6. The molecule has 0 aliphatic rings. The molecule has 0 amide bonds. The Hall–Kier alpha value is -1.20. The van der Waals surface area contributed by atoms with Crippen molar-refractivity contribution in [2.45, 2.75) is 12.5 Å². The maximum absolute atomic E-state index is 13.4. The van der Waals surface area contributed by atoms with Crippen LogP contribution < -0.4 is 10.5 Å². The average molecular weight is 217 g/mol. The highest BCUT2D eigenvalue weighted by Crippen LogP contribution is 2.25. The van der Waals surface area contributed by atoms with Crippen molar-refractivity contribution in [1.82, 2.24) is 0 Å². The molecule has 3 nitrogen and oxygen atoms in total. The SMILES string of the molecule is COc1cc(F)c([C@@H](N)CCO)c(F)c1. The standard InChI is InChI=1S/C10H13F2NO2/c1-15-6-4-7(11)10(8(12)5-6)9(13)2-3-14/h4-5,9,14H,2-3,13H2,1H3/t9-/m0/s1. The average Bonchev–Trinajstić information content (AvgIpc) is 2.16. The Kier molecular flexibility index (Phi) is 3.99. The fourth-order valence-corrected chi connectivity index (χ4v) is 1.32. The predicted molar refractivity (Wildman–Crippen MR) is 51.5 cm³/mol. The van der Waals surface area contributed by atoms with Gasteiger partial charge in [0.1, 0.15) is 17.4 Å². The van der Waals surface area contributed by atoms with E-state index >= 15 is 0 Å². The highest BCUT2D eigenvalue weighted by molar-refractivity contribution is 5.32. The van der Waals surface area contributed by atoms with Gasteiger partial charge in [-0.1, -0.05) is 0 Å². The molecule has 1 aromatic rings. The molecule has 1 rings (SSSR count). The third-order valence-corrected chi connectivity index (χ3v) is 2.10. The molecule has 0 spiro atoms. The minimum Gasteiger partial charge on any atom is -0.497 e. The summed E-state index contributed by atoms with van der Waals surface area (Å²) in [4.78, 5) is 0. The van der Waals surface area contributed by atoms with Crippen LogP contribution in [0.4, 0.5) is 8.78 Å². The number of ether oxygens (including phenoxy) is 1. The van der Waals surface area contributed by atoms with Crippen LogP contribution in [0, 0.1) is 11.6 Å². The van der Waals surface area contributed by atoms with E-state index in [4.69, 9.17) is 15.6 Å². The van der Waals surface area contributed by atoms with E-state index < -0.39 is 17.7 Å². The second-order valence-electron chi connectivity index (χ2n) is 3.12. The Bertz CT molecular complexity index is 321. The van der Waals surface area contributed by atoms with Gasteiger partial charge < -0.3 is 15.6 Å². The second kappa shape index (κ2) is 5.04. The van der Waals surface area contributed by atoms with Crippen molar-refractivity contribution in [3.8, 4) is 5.75 Å². The summed E-state index contributed by atoms with van der Waals surface area (Å²) in [7, 11) is 1.32. The van der Waals surface area contributed by atoms with Crippen molar-refractivity contribution in [3.05, 3.63) is 29.3 Å². The number of benzene rings is 1. The van der Waals surface area contributed by atoms with Crippen LogP contribution >= 0.6 is 0 Å². The number of nitrogens with two attached hydrogens (primary N) is 1. The lowest BCUT2D eigenvalue weighted by Gasteiger charge is -2.13. The molecule has 0 radical (unpaired) electrons. The van der Waals surface area contributed by atoms with Crippen LogP contribution in [0.15, 0.2) is 12.1 Å². The summed E-state index contributed by atoms with van der Waals surface area (Å²) >= 11 is 0. The molecule has 15 heavy (non-hydrogen) atoms. The minimum absolute atomic E-state index is 0.102. The molecule has 1 aromatic carbocycles. The Balaban J connectivity index is 3.07. The highest BCUT2D eigenvalue weighted by atomic mass is 19.1. The topological polar surface area (TPSA) is 55.5 Å². The molecule has 0 aromatic heterocycles. The van der Waals surface area contributed by atoms with Crippen molar-refractivity contribution in [2.24, 2.45) is 5.73 Å². The lowest BCUT2D eigenvalue weighted by molar-refractivity contribution is 0.274. The fourth-order valence-electron chi connectivity index (χ4n) is 1.32. The largest absolute Gasteiger partial charge is 0.497 e. The van der Waals surface area contributed by atoms with Crippen LogP contribution in [-0.2, 0) is 0 Å². The van der Waals surface area contributed by atoms with Gasteiger partial charge in [-0.25, -0.2) is 8.78 Å². The number of rotatable bonds is 4. The zero-order chi connectivity index (χ0) is 11.4. The molecule has 0 aliphatic carbocycles. The van der Waals surface area contributed by atoms with Crippen molar-refractivity contribution in [1.29, 1.82) is 0 Å². The van der Waals surface area contributed by atoms with E-state index in [1.165, 1.54) is 7.11 Å². The fraction of sp³-hybridized carbons (Fsp3) is 0.400. The number of methoxy groups -OCH3 is 1. The van der Waals surface area contributed by atoms with Gasteiger partial charge in [0.2, 0.25) is 0 Å². The molecule has 0 unspecified atom stereocenters. The van der Waals surface area contributed by atoms with Gasteiger partial charge in [-0.3, -0.25) is 0 Å². The van der Waals surface area contributed by atoms with Gasteiger partial charge in [0.25, 0.3) is 0 Å². The van der Waals surface area contributed by atoms with Crippen molar-refractivity contribution in [2.75, 3.05) is 13.7 Å². The van der Waals surface area contributed by atoms with Crippen LogP contribution in [-0.4, -0.2) is 18.8 Å². The van der Waals surface area contributed by atoms with Crippen molar-refractivity contribution >= 4 is 0 Å². The summed E-state index contributed by atoms with van der Waals surface area (Å²) in [5, 5.41) is 8.63. The molecule has 1 atom stereocenters. The zero-order valence-electron chi connectivity index (χ0n) is 8.34. The van der Waals surface area contributed by atoms with Gasteiger partial charge in [0.05, 0.1) is 7.11 Å². The van der Waals surface area contributed by atoms with Crippen LogP contribution in [0.3, 0.4) is 0 Å². The number of aliphatic hydroxyl groups is 1. The number of hydrogen-bond donors (Lipinski definition) is 2. The number of aliphatic hydroxyl groups excluding tert-OH is 1. The summed E-state index contributed by atoms with van der Waals surface area (Å²) in [6.07, 6.45) is 0.111. The molecule has 0 saturated carbocycles. The van der Waals surface area contributed by atoms with E-state index in [-0.39, 0.29) is 24.3 Å². The molecule has 0 heterocycles. The predicted octanol–water partition coefficient (Wildman–Crippen LogP) is 1.36. The molecule has 0 aliphatic heterocycles. The summed E-state index contributed by atoms with van der Waals surface area (Å²) < 4.78 is 31.5. The van der Waals surface area contributed by atoms with E-state index in [0.29, 0.717) is 0 Å². The maximum Gasteiger partial charge on any atom is 0.134 e. The Labute approximate surface area is 86.5 Å². The molecule has 0 bridgehead atoms. The maximum atomic E-state index is 13.4. The molecule has 3 N–H and O–H groups in total.